The molecule has 0 bridgehead atoms. The van der Waals surface area contributed by atoms with Crippen LogP contribution in [0.25, 0.3) is 11.5 Å². The van der Waals surface area contributed by atoms with Gasteiger partial charge in [0, 0.05) is 32.2 Å². The number of nitriles is 1. The Morgan fingerprint density at radius 2 is 1.73 bits per heavy atom. The van der Waals surface area contributed by atoms with Gasteiger partial charge in [0.15, 0.2) is 0 Å². The Hall–Kier alpha value is -3.15. The zero-order valence-electron chi connectivity index (χ0n) is 19.1. The fourth-order valence-corrected chi connectivity index (χ4v) is 5.59. The Morgan fingerprint density at radius 3 is 2.33 bits per heavy atom. The summed E-state index contributed by atoms with van der Waals surface area (Å²) in [6.45, 7) is 6.31. The van der Waals surface area contributed by atoms with Gasteiger partial charge in [-0.15, -0.1) is 0 Å². The first-order valence-electron chi connectivity index (χ1n) is 11.0. The van der Waals surface area contributed by atoms with E-state index in [1.807, 2.05) is 30.3 Å². The standard InChI is InChI=1S/C25H28N4O3S/c1-18-13-19(2)16-29(15-18)25-23(14-26)27-24(32-25)21-9-11-22(12-10-21)33(30,31)28(3)17-20-7-5-4-6-8-20/h4-12,18-19H,13,15-17H2,1-3H3/t18-,19+. The zero-order chi connectivity index (χ0) is 23.6. The van der Waals surface area contributed by atoms with E-state index in [1.54, 1.807) is 31.3 Å². The average molecular weight is 465 g/mol. The highest BCUT2D eigenvalue weighted by molar-refractivity contribution is 7.89. The predicted octanol–water partition coefficient (Wildman–Crippen LogP) is 4.52. The molecule has 3 aromatic rings. The lowest BCUT2D eigenvalue weighted by Gasteiger charge is -2.34. The number of sulfonamides is 1. The highest BCUT2D eigenvalue weighted by Crippen LogP contribution is 2.33. The number of anilines is 1. The molecule has 0 spiro atoms. The second kappa shape index (κ2) is 9.38. The van der Waals surface area contributed by atoms with Crippen molar-refractivity contribution in [2.24, 2.45) is 11.8 Å². The third-order valence-corrected chi connectivity index (χ3v) is 7.75. The highest BCUT2D eigenvalue weighted by Gasteiger charge is 2.28. The van der Waals surface area contributed by atoms with Gasteiger partial charge in [-0.1, -0.05) is 44.2 Å². The summed E-state index contributed by atoms with van der Waals surface area (Å²) in [6.07, 6.45) is 1.15. The number of aromatic nitrogens is 1. The fourth-order valence-electron chi connectivity index (χ4n) is 4.43. The molecule has 1 saturated heterocycles. The van der Waals surface area contributed by atoms with Crippen molar-refractivity contribution in [3.8, 4) is 17.5 Å². The first-order chi connectivity index (χ1) is 15.8. The topological polar surface area (TPSA) is 90.4 Å². The van der Waals surface area contributed by atoms with Crippen molar-refractivity contribution in [1.82, 2.24) is 9.29 Å². The molecule has 0 saturated carbocycles. The Kier molecular flexibility index (Phi) is 6.54. The summed E-state index contributed by atoms with van der Waals surface area (Å²) in [5.41, 5.74) is 1.80. The molecule has 1 fully saturated rings. The molecule has 1 aliphatic rings. The normalized spacial score (nSPS) is 18.9. The molecule has 0 amide bonds. The number of hydrogen-bond acceptors (Lipinski definition) is 6. The van der Waals surface area contributed by atoms with E-state index in [-0.39, 0.29) is 17.1 Å². The van der Waals surface area contributed by atoms with Gasteiger partial charge in [0.05, 0.1) is 4.90 Å². The van der Waals surface area contributed by atoms with Crippen LogP contribution < -0.4 is 4.90 Å². The Labute approximate surface area is 195 Å². The Balaban J connectivity index is 1.56. The third kappa shape index (κ3) is 4.95. The van der Waals surface area contributed by atoms with Crippen molar-refractivity contribution in [2.75, 3.05) is 25.0 Å². The molecule has 0 N–H and O–H groups in total. The van der Waals surface area contributed by atoms with Gasteiger partial charge in [0.25, 0.3) is 0 Å². The lowest BCUT2D eigenvalue weighted by molar-refractivity contribution is 0.344. The molecule has 7 nitrogen and oxygen atoms in total. The number of rotatable bonds is 6. The maximum absolute atomic E-state index is 13.0. The van der Waals surface area contributed by atoms with Crippen LogP contribution in [0.15, 0.2) is 63.9 Å². The number of hydrogen-bond donors (Lipinski definition) is 0. The lowest BCUT2D eigenvalue weighted by Crippen LogP contribution is -2.38. The molecule has 172 valence electrons. The van der Waals surface area contributed by atoms with Gasteiger partial charge in [-0.3, -0.25) is 0 Å². The molecule has 1 aliphatic heterocycles. The average Bonchev–Trinajstić information content (AvgIpc) is 3.24. The summed E-state index contributed by atoms with van der Waals surface area (Å²) < 4.78 is 33.3. The molecule has 2 heterocycles. The second-order valence-corrected chi connectivity index (χ2v) is 11.0. The third-order valence-electron chi connectivity index (χ3n) is 5.93. The van der Waals surface area contributed by atoms with Crippen molar-refractivity contribution in [1.29, 1.82) is 5.26 Å². The minimum atomic E-state index is -3.65. The van der Waals surface area contributed by atoms with Crippen molar-refractivity contribution in [3.05, 3.63) is 65.9 Å². The van der Waals surface area contributed by atoms with Crippen molar-refractivity contribution < 1.29 is 12.8 Å². The molecule has 2 aromatic carbocycles. The molecule has 2 atom stereocenters. The van der Waals surface area contributed by atoms with Gasteiger partial charge < -0.3 is 9.32 Å². The summed E-state index contributed by atoms with van der Waals surface area (Å²) in [4.78, 5) is 6.66. The lowest BCUT2D eigenvalue weighted by atomic mass is 9.92. The molecular formula is C25H28N4O3S. The summed E-state index contributed by atoms with van der Waals surface area (Å²) in [5, 5.41) is 9.59. The molecule has 8 heteroatoms. The van der Waals surface area contributed by atoms with E-state index in [1.165, 1.54) is 4.31 Å². The molecule has 1 aromatic heterocycles. The molecule has 0 radical (unpaired) electrons. The number of piperidine rings is 1. The van der Waals surface area contributed by atoms with E-state index >= 15 is 0 Å². The summed E-state index contributed by atoms with van der Waals surface area (Å²) in [5.74, 6) is 1.82. The van der Waals surface area contributed by atoms with E-state index in [2.05, 4.69) is 29.8 Å². The van der Waals surface area contributed by atoms with E-state index in [4.69, 9.17) is 4.42 Å². The minimum absolute atomic E-state index is 0.190. The van der Waals surface area contributed by atoms with Crippen LogP contribution in [0.3, 0.4) is 0 Å². The van der Waals surface area contributed by atoms with Gasteiger partial charge in [-0.25, -0.2) is 8.42 Å². The van der Waals surface area contributed by atoms with Gasteiger partial charge >= 0.3 is 0 Å². The molecule has 4 rings (SSSR count). The summed E-state index contributed by atoms with van der Waals surface area (Å²) in [7, 11) is -2.09. The monoisotopic (exact) mass is 464 g/mol. The van der Waals surface area contributed by atoms with Crippen LogP contribution in [0.2, 0.25) is 0 Å². The summed E-state index contributed by atoms with van der Waals surface area (Å²) in [6, 6.07) is 18.0. The van der Waals surface area contributed by atoms with Gasteiger partial charge in [-0.2, -0.15) is 14.6 Å². The molecule has 0 unspecified atom stereocenters. The predicted molar refractivity (Wildman–Crippen MR) is 127 cm³/mol. The molecular weight excluding hydrogens is 436 g/mol. The minimum Gasteiger partial charge on any atom is -0.419 e. The maximum Gasteiger partial charge on any atom is 0.243 e. The Bertz CT molecular complexity index is 1240. The van der Waals surface area contributed by atoms with Crippen LogP contribution in [0.4, 0.5) is 5.88 Å². The maximum atomic E-state index is 13.0. The highest BCUT2D eigenvalue weighted by atomic mass is 32.2. The second-order valence-electron chi connectivity index (χ2n) is 8.91. The fraction of sp³-hybridized carbons (Fsp3) is 0.360. The van der Waals surface area contributed by atoms with E-state index in [0.29, 0.717) is 29.2 Å². The first kappa shape index (κ1) is 23.0. The van der Waals surface area contributed by atoms with E-state index in [0.717, 1.165) is 25.1 Å². The van der Waals surface area contributed by atoms with Crippen molar-refractivity contribution >= 4 is 15.9 Å². The van der Waals surface area contributed by atoms with Crippen LogP contribution in [0, 0.1) is 23.2 Å². The first-order valence-corrected chi connectivity index (χ1v) is 12.5. The van der Waals surface area contributed by atoms with Gasteiger partial charge in [0.1, 0.15) is 6.07 Å². The van der Waals surface area contributed by atoms with Crippen LogP contribution in [0.1, 0.15) is 31.5 Å². The SMILES string of the molecule is C[C@@H]1C[C@H](C)CN(c2oc(-c3ccc(S(=O)(=O)N(C)Cc4ccccc4)cc3)nc2C#N)C1. The molecule has 0 aliphatic carbocycles. The van der Waals surface area contributed by atoms with Crippen molar-refractivity contribution in [2.45, 2.75) is 31.7 Å². The van der Waals surface area contributed by atoms with Crippen LogP contribution in [0.5, 0.6) is 0 Å². The number of oxazole rings is 1. The Morgan fingerprint density at radius 1 is 1.09 bits per heavy atom. The number of nitrogens with zero attached hydrogens (tertiary/aromatic N) is 4. The van der Waals surface area contributed by atoms with Crippen LogP contribution >= 0.6 is 0 Å². The van der Waals surface area contributed by atoms with E-state index < -0.39 is 10.0 Å². The number of benzene rings is 2. The van der Waals surface area contributed by atoms with Crippen molar-refractivity contribution in [3.63, 3.8) is 0 Å². The molecule has 33 heavy (non-hydrogen) atoms. The largest absolute Gasteiger partial charge is 0.419 e. The summed E-state index contributed by atoms with van der Waals surface area (Å²) >= 11 is 0. The zero-order valence-corrected chi connectivity index (χ0v) is 19.9. The van der Waals surface area contributed by atoms with E-state index in [9.17, 15) is 13.7 Å². The van der Waals surface area contributed by atoms with Crippen LogP contribution in [-0.4, -0.2) is 37.8 Å². The van der Waals surface area contributed by atoms with Gasteiger partial charge in [0.2, 0.25) is 27.5 Å². The van der Waals surface area contributed by atoms with Crippen LogP contribution in [-0.2, 0) is 16.6 Å². The quantitative estimate of drug-likeness (QED) is 0.533. The smallest absolute Gasteiger partial charge is 0.243 e. The van der Waals surface area contributed by atoms with Gasteiger partial charge in [-0.05, 0) is 48.1 Å².